The molecule has 1 saturated carbocycles. The van der Waals surface area contributed by atoms with Crippen LogP contribution in [0.1, 0.15) is 49.0 Å². The van der Waals surface area contributed by atoms with Gasteiger partial charge in [0.1, 0.15) is 0 Å². The van der Waals surface area contributed by atoms with Gasteiger partial charge in [-0.3, -0.25) is 9.59 Å². The number of carbonyl (C=O) groups is 2. The van der Waals surface area contributed by atoms with Crippen LogP contribution in [0.3, 0.4) is 0 Å². The summed E-state index contributed by atoms with van der Waals surface area (Å²) in [5.74, 6) is 0.573. The zero-order chi connectivity index (χ0) is 18.5. The van der Waals surface area contributed by atoms with Crippen molar-refractivity contribution in [3.8, 4) is 0 Å². The van der Waals surface area contributed by atoms with Gasteiger partial charge < -0.3 is 19.6 Å². The predicted molar refractivity (Wildman–Crippen MR) is 96.6 cm³/mol. The predicted octanol–water partition coefficient (Wildman–Crippen LogP) is 1.88. The monoisotopic (exact) mass is 377 g/mol. The highest BCUT2D eigenvalue weighted by Gasteiger charge is 2.23. The molecule has 26 heavy (non-hydrogen) atoms. The lowest BCUT2D eigenvalue weighted by Gasteiger charge is -2.16. The van der Waals surface area contributed by atoms with E-state index in [0.717, 1.165) is 12.8 Å². The topological polar surface area (TPSA) is 102 Å². The average Bonchev–Trinajstić information content (AvgIpc) is 3.37. The highest BCUT2D eigenvalue weighted by Crippen LogP contribution is 2.23. The summed E-state index contributed by atoms with van der Waals surface area (Å²) in [6.07, 6.45) is 5.94. The zero-order valence-corrected chi connectivity index (χ0v) is 15.7. The molecule has 2 aromatic heterocycles. The summed E-state index contributed by atoms with van der Waals surface area (Å²) in [6.45, 7) is 2.09. The molecule has 1 aliphatic rings. The first-order chi connectivity index (χ1) is 12.5. The van der Waals surface area contributed by atoms with Crippen molar-refractivity contribution in [2.75, 3.05) is 0 Å². The first-order valence-electron chi connectivity index (χ1n) is 8.71. The van der Waals surface area contributed by atoms with Crippen LogP contribution >= 0.6 is 11.8 Å². The lowest BCUT2D eigenvalue weighted by atomic mass is 10.2. The van der Waals surface area contributed by atoms with Crippen molar-refractivity contribution in [1.82, 2.24) is 25.4 Å². The zero-order valence-electron chi connectivity index (χ0n) is 14.9. The second kappa shape index (κ2) is 8.39. The number of hydrogen-bond acceptors (Lipinski definition) is 6. The van der Waals surface area contributed by atoms with E-state index in [0.29, 0.717) is 17.0 Å². The first kappa shape index (κ1) is 18.5. The van der Waals surface area contributed by atoms with Crippen LogP contribution in [0.2, 0.25) is 0 Å². The van der Waals surface area contributed by atoms with Crippen LogP contribution in [0.5, 0.6) is 0 Å². The Morgan fingerprint density at radius 3 is 2.85 bits per heavy atom. The molecule has 0 radical (unpaired) electrons. The van der Waals surface area contributed by atoms with E-state index in [1.165, 1.54) is 30.9 Å². The Kier molecular flexibility index (Phi) is 5.97. The Bertz CT molecular complexity index is 753. The summed E-state index contributed by atoms with van der Waals surface area (Å²) in [6, 6.07) is 3.56. The first-order valence-corrected chi connectivity index (χ1v) is 9.59. The Labute approximate surface area is 156 Å². The molecule has 2 aromatic rings. The molecule has 1 fully saturated rings. The van der Waals surface area contributed by atoms with E-state index in [1.54, 1.807) is 16.7 Å². The molecule has 0 spiro atoms. The standard InChI is InChI=1S/C17H23N5O3S/c1-11(15(23)19-12-6-3-4-7-12)26-17-21-20-14(22(17)2)10-18-16(24)13-8-5-9-25-13/h5,8-9,11-12H,3-4,6-7,10H2,1-2H3,(H,18,24)(H,19,23). The van der Waals surface area contributed by atoms with Gasteiger partial charge in [-0.25, -0.2) is 0 Å². The third kappa shape index (κ3) is 4.46. The fourth-order valence-corrected chi connectivity index (χ4v) is 3.70. The van der Waals surface area contributed by atoms with Gasteiger partial charge in [-0.15, -0.1) is 10.2 Å². The fraction of sp³-hybridized carbons (Fsp3) is 0.529. The van der Waals surface area contributed by atoms with Crippen LogP contribution in [-0.4, -0.2) is 37.9 Å². The van der Waals surface area contributed by atoms with Gasteiger partial charge in [-0.2, -0.15) is 0 Å². The molecule has 2 heterocycles. The lowest BCUT2D eigenvalue weighted by Crippen LogP contribution is -2.37. The maximum Gasteiger partial charge on any atom is 0.287 e. The van der Waals surface area contributed by atoms with E-state index in [4.69, 9.17) is 4.42 Å². The van der Waals surface area contributed by atoms with Gasteiger partial charge in [0.15, 0.2) is 16.7 Å². The van der Waals surface area contributed by atoms with Crippen LogP contribution in [-0.2, 0) is 18.4 Å². The van der Waals surface area contributed by atoms with E-state index >= 15 is 0 Å². The number of furan rings is 1. The highest BCUT2D eigenvalue weighted by atomic mass is 32.2. The molecule has 140 valence electrons. The Balaban J connectivity index is 1.52. The van der Waals surface area contributed by atoms with E-state index < -0.39 is 0 Å². The number of nitrogens with one attached hydrogen (secondary N) is 2. The molecule has 1 unspecified atom stereocenters. The van der Waals surface area contributed by atoms with Gasteiger partial charge in [0, 0.05) is 13.1 Å². The molecule has 2 N–H and O–H groups in total. The molecule has 8 nitrogen and oxygen atoms in total. The number of thioether (sulfide) groups is 1. The van der Waals surface area contributed by atoms with Gasteiger partial charge in [-0.1, -0.05) is 24.6 Å². The minimum atomic E-state index is -0.309. The largest absolute Gasteiger partial charge is 0.459 e. The van der Waals surface area contributed by atoms with Crippen LogP contribution in [0, 0.1) is 0 Å². The smallest absolute Gasteiger partial charge is 0.287 e. The van der Waals surface area contributed by atoms with Crippen LogP contribution < -0.4 is 10.6 Å². The molecule has 0 saturated heterocycles. The minimum absolute atomic E-state index is 0.0255. The second-order valence-corrected chi connectivity index (χ2v) is 7.68. The van der Waals surface area contributed by atoms with E-state index in [9.17, 15) is 9.59 Å². The molecule has 1 atom stereocenters. The summed E-state index contributed by atoms with van der Waals surface area (Å²) in [7, 11) is 1.82. The van der Waals surface area contributed by atoms with Gasteiger partial charge in [-0.05, 0) is 31.9 Å². The van der Waals surface area contributed by atoms with Crippen molar-refractivity contribution in [3.63, 3.8) is 0 Å². The van der Waals surface area contributed by atoms with Crippen molar-refractivity contribution in [2.45, 2.75) is 55.6 Å². The van der Waals surface area contributed by atoms with E-state index in [-0.39, 0.29) is 29.4 Å². The van der Waals surface area contributed by atoms with Crippen LogP contribution in [0.15, 0.2) is 28.0 Å². The summed E-state index contributed by atoms with van der Waals surface area (Å²) >= 11 is 1.36. The van der Waals surface area contributed by atoms with Crippen molar-refractivity contribution in [3.05, 3.63) is 30.0 Å². The normalized spacial score (nSPS) is 15.8. The number of hydrogen-bond donors (Lipinski definition) is 2. The highest BCUT2D eigenvalue weighted by molar-refractivity contribution is 8.00. The summed E-state index contributed by atoms with van der Waals surface area (Å²) < 4.78 is 6.83. The number of aromatic nitrogens is 3. The number of amides is 2. The van der Waals surface area contributed by atoms with Crippen molar-refractivity contribution < 1.29 is 14.0 Å². The Morgan fingerprint density at radius 1 is 1.38 bits per heavy atom. The molecular weight excluding hydrogens is 354 g/mol. The molecule has 2 amide bonds. The number of rotatable bonds is 7. The molecular formula is C17H23N5O3S. The number of nitrogens with zero attached hydrogens (tertiary/aromatic N) is 3. The maximum atomic E-state index is 12.3. The maximum absolute atomic E-state index is 12.3. The summed E-state index contributed by atoms with van der Waals surface area (Å²) in [5.41, 5.74) is 0. The van der Waals surface area contributed by atoms with Gasteiger partial charge >= 0.3 is 0 Å². The fourth-order valence-electron chi connectivity index (χ4n) is 2.86. The van der Waals surface area contributed by atoms with Crippen LogP contribution in [0.25, 0.3) is 0 Å². The molecule has 0 bridgehead atoms. The quantitative estimate of drug-likeness (QED) is 0.714. The molecule has 9 heteroatoms. The van der Waals surface area contributed by atoms with Crippen molar-refractivity contribution in [1.29, 1.82) is 0 Å². The number of carbonyl (C=O) groups excluding carboxylic acids is 2. The second-order valence-electron chi connectivity index (χ2n) is 6.37. The molecule has 0 aliphatic heterocycles. The van der Waals surface area contributed by atoms with Gasteiger partial charge in [0.05, 0.1) is 18.1 Å². The SMILES string of the molecule is CC(Sc1nnc(CNC(=O)c2ccco2)n1C)C(=O)NC1CCCC1. The van der Waals surface area contributed by atoms with Gasteiger partial charge in [0.2, 0.25) is 5.91 Å². The molecule has 1 aliphatic carbocycles. The van der Waals surface area contributed by atoms with E-state index in [2.05, 4.69) is 20.8 Å². The van der Waals surface area contributed by atoms with Gasteiger partial charge in [0.25, 0.3) is 5.91 Å². The molecule has 3 rings (SSSR count). The molecule has 0 aromatic carbocycles. The van der Waals surface area contributed by atoms with Crippen LogP contribution in [0.4, 0.5) is 0 Å². The van der Waals surface area contributed by atoms with E-state index in [1.807, 2.05) is 14.0 Å². The summed E-state index contributed by atoms with van der Waals surface area (Å²) in [4.78, 5) is 24.2. The van der Waals surface area contributed by atoms with Crippen molar-refractivity contribution in [2.24, 2.45) is 7.05 Å². The Hall–Kier alpha value is -2.29. The lowest BCUT2D eigenvalue weighted by molar-refractivity contribution is -0.120. The average molecular weight is 377 g/mol. The third-order valence-electron chi connectivity index (χ3n) is 4.43. The minimum Gasteiger partial charge on any atom is -0.459 e. The van der Waals surface area contributed by atoms with Crippen molar-refractivity contribution >= 4 is 23.6 Å². The summed E-state index contributed by atoms with van der Waals surface area (Å²) in [5, 5.41) is 14.4. The Morgan fingerprint density at radius 2 is 2.15 bits per heavy atom. The third-order valence-corrected chi connectivity index (χ3v) is 5.56.